The van der Waals surface area contributed by atoms with Crippen molar-refractivity contribution in [2.75, 3.05) is 19.5 Å². The molecule has 1 N–H and O–H groups in total. The molecule has 1 amide bonds. The Morgan fingerprint density at radius 3 is 2.58 bits per heavy atom. The van der Waals surface area contributed by atoms with Crippen LogP contribution < -0.4 is 20.3 Å². The lowest BCUT2D eigenvalue weighted by molar-refractivity contribution is -0.115. The summed E-state index contributed by atoms with van der Waals surface area (Å²) in [5.74, 6) is 1.18. The number of hydrogen-bond donors (Lipinski definition) is 1. The van der Waals surface area contributed by atoms with Crippen LogP contribution in [-0.4, -0.2) is 34.9 Å². The van der Waals surface area contributed by atoms with Crippen LogP contribution in [0, 0.1) is 0 Å². The zero-order chi connectivity index (χ0) is 23.4. The third-order valence-electron chi connectivity index (χ3n) is 5.03. The predicted octanol–water partition coefficient (Wildman–Crippen LogP) is 4.97. The zero-order valence-electron chi connectivity index (χ0n) is 18.4. The minimum absolute atomic E-state index is 0.161. The van der Waals surface area contributed by atoms with Crippen molar-refractivity contribution in [3.05, 3.63) is 70.3 Å². The standard InChI is InChI=1S/C24H23N3O4S2/c1-4-20(22(28)25-15-6-5-7-18(14-15)31-3)33-24-26-19-12-13-32-21(19)23(29)27(24)16-8-10-17(30-2)11-9-16/h5-14,20H,4H2,1-3H3,(H,25,28). The Hall–Kier alpha value is -3.30. The first kappa shape index (κ1) is 22.9. The van der Waals surface area contributed by atoms with E-state index in [0.717, 1.165) is 0 Å². The van der Waals surface area contributed by atoms with Crippen LogP contribution in [0.5, 0.6) is 11.5 Å². The summed E-state index contributed by atoms with van der Waals surface area (Å²) >= 11 is 2.63. The van der Waals surface area contributed by atoms with Crippen molar-refractivity contribution in [2.45, 2.75) is 23.8 Å². The fraction of sp³-hybridized carbons (Fsp3) is 0.208. The Kier molecular flexibility index (Phi) is 7.00. The van der Waals surface area contributed by atoms with Gasteiger partial charge in [-0.15, -0.1) is 11.3 Å². The fourth-order valence-corrected chi connectivity index (χ4v) is 5.09. The molecule has 1 unspecified atom stereocenters. The molecule has 0 spiro atoms. The van der Waals surface area contributed by atoms with Gasteiger partial charge in [-0.3, -0.25) is 14.2 Å². The largest absolute Gasteiger partial charge is 0.497 e. The van der Waals surface area contributed by atoms with Crippen LogP contribution in [0.2, 0.25) is 0 Å². The van der Waals surface area contributed by atoms with Gasteiger partial charge in [0, 0.05) is 11.8 Å². The molecule has 4 rings (SSSR count). The predicted molar refractivity (Wildman–Crippen MR) is 133 cm³/mol. The maximum atomic E-state index is 13.3. The molecule has 0 saturated heterocycles. The Balaban J connectivity index is 1.69. The average Bonchev–Trinajstić information content (AvgIpc) is 3.32. The number of methoxy groups -OCH3 is 2. The molecular formula is C24H23N3O4S2. The van der Waals surface area contributed by atoms with E-state index >= 15 is 0 Å². The molecule has 9 heteroatoms. The number of nitrogens with one attached hydrogen (secondary N) is 1. The van der Waals surface area contributed by atoms with E-state index in [-0.39, 0.29) is 11.5 Å². The first-order valence-corrected chi connectivity index (χ1v) is 12.1. The Morgan fingerprint density at radius 1 is 1.12 bits per heavy atom. The van der Waals surface area contributed by atoms with Gasteiger partial charge < -0.3 is 14.8 Å². The van der Waals surface area contributed by atoms with E-state index in [1.54, 1.807) is 43.1 Å². The lowest BCUT2D eigenvalue weighted by atomic mass is 10.2. The number of aromatic nitrogens is 2. The van der Waals surface area contributed by atoms with Gasteiger partial charge in [0.15, 0.2) is 5.16 Å². The molecule has 0 aliphatic heterocycles. The van der Waals surface area contributed by atoms with E-state index in [1.807, 2.05) is 42.6 Å². The van der Waals surface area contributed by atoms with Gasteiger partial charge in [-0.05, 0) is 54.3 Å². The van der Waals surface area contributed by atoms with Crippen LogP contribution in [0.25, 0.3) is 15.9 Å². The molecule has 7 nitrogen and oxygen atoms in total. The number of carbonyl (C=O) groups excluding carboxylic acids is 1. The summed E-state index contributed by atoms with van der Waals surface area (Å²) in [5.41, 5.74) is 1.77. The molecule has 2 heterocycles. The molecule has 0 aliphatic rings. The van der Waals surface area contributed by atoms with Crippen LogP contribution in [0.1, 0.15) is 13.3 Å². The van der Waals surface area contributed by atoms with Crippen LogP contribution in [0.15, 0.2) is 69.9 Å². The van der Waals surface area contributed by atoms with Crippen molar-refractivity contribution < 1.29 is 14.3 Å². The SMILES string of the molecule is CCC(Sc1nc2ccsc2c(=O)n1-c1ccc(OC)cc1)C(=O)Nc1cccc(OC)c1. The monoisotopic (exact) mass is 481 g/mol. The minimum atomic E-state index is -0.455. The highest BCUT2D eigenvalue weighted by Gasteiger charge is 2.23. The van der Waals surface area contributed by atoms with Crippen LogP contribution in [-0.2, 0) is 4.79 Å². The van der Waals surface area contributed by atoms with Crippen LogP contribution in [0.3, 0.4) is 0 Å². The average molecular weight is 482 g/mol. The van der Waals surface area contributed by atoms with Crippen molar-refractivity contribution in [3.63, 3.8) is 0 Å². The number of amides is 1. The van der Waals surface area contributed by atoms with E-state index in [0.29, 0.717) is 44.7 Å². The Morgan fingerprint density at radius 2 is 1.88 bits per heavy atom. The number of ether oxygens (including phenoxy) is 2. The van der Waals surface area contributed by atoms with Crippen molar-refractivity contribution in [2.24, 2.45) is 0 Å². The van der Waals surface area contributed by atoms with Crippen molar-refractivity contribution in [1.29, 1.82) is 0 Å². The van der Waals surface area contributed by atoms with Gasteiger partial charge in [-0.1, -0.05) is 24.8 Å². The van der Waals surface area contributed by atoms with Crippen LogP contribution in [0.4, 0.5) is 5.69 Å². The third-order valence-corrected chi connectivity index (χ3v) is 7.24. The van der Waals surface area contributed by atoms with Gasteiger partial charge in [0.2, 0.25) is 5.91 Å². The van der Waals surface area contributed by atoms with E-state index in [9.17, 15) is 9.59 Å². The summed E-state index contributed by atoms with van der Waals surface area (Å²) < 4.78 is 12.6. The second kappa shape index (κ2) is 10.1. The zero-order valence-corrected chi connectivity index (χ0v) is 20.0. The summed E-state index contributed by atoms with van der Waals surface area (Å²) in [7, 11) is 3.17. The summed E-state index contributed by atoms with van der Waals surface area (Å²) in [6, 6.07) is 16.2. The quantitative estimate of drug-likeness (QED) is 0.283. The Labute approximate surface area is 199 Å². The van der Waals surface area contributed by atoms with Gasteiger partial charge in [-0.2, -0.15) is 0 Å². The minimum Gasteiger partial charge on any atom is -0.497 e. The highest BCUT2D eigenvalue weighted by molar-refractivity contribution is 8.00. The molecule has 33 heavy (non-hydrogen) atoms. The number of carbonyl (C=O) groups is 1. The summed E-state index contributed by atoms with van der Waals surface area (Å²) in [6.45, 7) is 1.93. The second-order valence-electron chi connectivity index (χ2n) is 7.10. The van der Waals surface area contributed by atoms with Crippen LogP contribution >= 0.6 is 23.1 Å². The highest BCUT2D eigenvalue weighted by atomic mass is 32.2. The molecule has 0 aliphatic carbocycles. The Bertz CT molecular complexity index is 1330. The maximum Gasteiger partial charge on any atom is 0.276 e. The number of fused-ring (bicyclic) bond motifs is 1. The van der Waals surface area contributed by atoms with Gasteiger partial charge in [-0.25, -0.2) is 4.98 Å². The molecule has 0 fully saturated rings. The number of hydrogen-bond acceptors (Lipinski definition) is 7. The molecule has 0 saturated carbocycles. The van der Waals surface area contributed by atoms with Crippen molar-refractivity contribution >= 4 is 44.9 Å². The molecule has 170 valence electrons. The number of thioether (sulfide) groups is 1. The van der Waals surface area contributed by atoms with E-state index in [4.69, 9.17) is 14.5 Å². The maximum absolute atomic E-state index is 13.3. The number of benzene rings is 2. The normalized spacial score (nSPS) is 11.8. The number of nitrogens with zero attached hydrogens (tertiary/aromatic N) is 2. The fourth-order valence-electron chi connectivity index (χ4n) is 3.30. The van der Waals surface area contributed by atoms with E-state index < -0.39 is 5.25 Å². The first-order chi connectivity index (χ1) is 16.0. The third kappa shape index (κ3) is 4.89. The second-order valence-corrected chi connectivity index (χ2v) is 9.19. The first-order valence-electron chi connectivity index (χ1n) is 10.3. The highest BCUT2D eigenvalue weighted by Crippen LogP contribution is 2.29. The van der Waals surface area contributed by atoms with Crippen molar-refractivity contribution in [1.82, 2.24) is 9.55 Å². The molecule has 4 aromatic rings. The smallest absolute Gasteiger partial charge is 0.276 e. The lowest BCUT2D eigenvalue weighted by Gasteiger charge is -2.18. The van der Waals surface area contributed by atoms with Gasteiger partial charge in [0.1, 0.15) is 16.2 Å². The molecule has 2 aromatic heterocycles. The van der Waals surface area contributed by atoms with E-state index in [1.165, 1.54) is 23.1 Å². The van der Waals surface area contributed by atoms with Gasteiger partial charge in [0.25, 0.3) is 5.56 Å². The topological polar surface area (TPSA) is 82.5 Å². The lowest BCUT2D eigenvalue weighted by Crippen LogP contribution is -2.27. The molecule has 1 atom stereocenters. The van der Waals surface area contributed by atoms with E-state index in [2.05, 4.69) is 5.32 Å². The molecule has 0 bridgehead atoms. The molecule has 2 aromatic carbocycles. The number of anilines is 1. The molecular weight excluding hydrogens is 458 g/mol. The van der Waals surface area contributed by atoms with Crippen molar-refractivity contribution in [3.8, 4) is 17.2 Å². The van der Waals surface area contributed by atoms with Gasteiger partial charge >= 0.3 is 0 Å². The molecule has 0 radical (unpaired) electrons. The number of thiophene rings is 1. The summed E-state index contributed by atoms with van der Waals surface area (Å²) in [4.78, 5) is 31.1. The summed E-state index contributed by atoms with van der Waals surface area (Å²) in [6.07, 6.45) is 0.556. The summed E-state index contributed by atoms with van der Waals surface area (Å²) in [5, 5.41) is 4.79. The number of rotatable bonds is 8. The van der Waals surface area contributed by atoms with Gasteiger partial charge in [0.05, 0.1) is 30.7 Å².